The molecular formula is C18H20FNO. The van der Waals surface area contributed by atoms with Gasteiger partial charge in [0.2, 0.25) is 0 Å². The van der Waals surface area contributed by atoms with Gasteiger partial charge in [-0.05, 0) is 55.0 Å². The molecule has 0 amide bonds. The van der Waals surface area contributed by atoms with Gasteiger partial charge in [0.25, 0.3) is 0 Å². The Labute approximate surface area is 124 Å². The number of benzene rings is 2. The van der Waals surface area contributed by atoms with Crippen LogP contribution in [0, 0.1) is 19.7 Å². The van der Waals surface area contributed by atoms with Crippen molar-refractivity contribution in [1.29, 1.82) is 0 Å². The maximum Gasteiger partial charge on any atom is 0.146 e. The molecule has 0 spiro atoms. The molecule has 2 nitrogen and oxygen atoms in total. The van der Waals surface area contributed by atoms with Gasteiger partial charge in [-0.1, -0.05) is 25.1 Å². The third-order valence-corrected chi connectivity index (χ3v) is 4.45. The summed E-state index contributed by atoms with van der Waals surface area (Å²) in [5.74, 6) is 0.409. The first-order valence-corrected chi connectivity index (χ1v) is 7.33. The minimum atomic E-state index is -0.247. The van der Waals surface area contributed by atoms with Crippen molar-refractivity contribution >= 4 is 5.69 Å². The first kappa shape index (κ1) is 13.9. The molecule has 0 aromatic heterocycles. The molecule has 0 radical (unpaired) electrons. The van der Waals surface area contributed by atoms with E-state index in [-0.39, 0.29) is 11.9 Å². The van der Waals surface area contributed by atoms with Crippen LogP contribution in [-0.2, 0) is 0 Å². The molecule has 2 unspecified atom stereocenters. The Morgan fingerprint density at radius 1 is 1.10 bits per heavy atom. The Balaban J connectivity index is 2.03. The maximum absolute atomic E-state index is 14.0. The largest absolute Gasteiger partial charge is 0.508 e. The molecule has 2 aromatic rings. The number of halogens is 1. The van der Waals surface area contributed by atoms with Gasteiger partial charge in [0.15, 0.2) is 0 Å². The third kappa shape index (κ3) is 2.27. The summed E-state index contributed by atoms with van der Waals surface area (Å²) < 4.78 is 14.0. The Morgan fingerprint density at radius 2 is 1.86 bits per heavy atom. The second-order valence-electron chi connectivity index (χ2n) is 5.99. The fourth-order valence-electron chi connectivity index (χ4n) is 3.46. The van der Waals surface area contributed by atoms with Crippen LogP contribution < -0.4 is 5.32 Å². The lowest BCUT2D eigenvalue weighted by atomic mass is 9.97. The van der Waals surface area contributed by atoms with Crippen LogP contribution in [0.15, 0.2) is 30.3 Å². The molecule has 0 fully saturated rings. The topological polar surface area (TPSA) is 32.3 Å². The molecule has 0 bridgehead atoms. The number of hydrogen-bond acceptors (Lipinski definition) is 2. The predicted octanol–water partition coefficient (Wildman–Crippen LogP) is 4.81. The molecule has 0 aliphatic heterocycles. The van der Waals surface area contributed by atoms with E-state index >= 15 is 0 Å². The Morgan fingerprint density at radius 3 is 2.57 bits per heavy atom. The SMILES string of the molecule is Cc1cccc(F)c1NC1CC(C)c2c(C)ccc(O)c21. The van der Waals surface area contributed by atoms with E-state index in [0.29, 0.717) is 17.4 Å². The highest BCUT2D eigenvalue weighted by molar-refractivity contribution is 5.58. The van der Waals surface area contributed by atoms with Gasteiger partial charge in [-0.2, -0.15) is 0 Å². The van der Waals surface area contributed by atoms with Crippen LogP contribution in [-0.4, -0.2) is 5.11 Å². The molecule has 110 valence electrons. The van der Waals surface area contributed by atoms with Crippen molar-refractivity contribution in [2.24, 2.45) is 0 Å². The Hall–Kier alpha value is -2.03. The number of nitrogens with one attached hydrogen (secondary N) is 1. The number of fused-ring (bicyclic) bond motifs is 1. The van der Waals surface area contributed by atoms with Crippen LogP contribution in [0.1, 0.15) is 47.6 Å². The van der Waals surface area contributed by atoms with E-state index in [1.54, 1.807) is 12.1 Å². The van der Waals surface area contributed by atoms with Crippen LogP contribution in [0.3, 0.4) is 0 Å². The molecule has 2 aromatic carbocycles. The van der Waals surface area contributed by atoms with Crippen molar-refractivity contribution in [3.8, 4) is 5.75 Å². The number of phenolic OH excluding ortho intramolecular Hbond substituents is 1. The van der Waals surface area contributed by atoms with Crippen molar-refractivity contribution in [2.75, 3.05) is 5.32 Å². The number of aryl methyl sites for hydroxylation is 2. The van der Waals surface area contributed by atoms with Crippen molar-refractivity contribution in [2.45, 2.75) is 39.2 Å². The summed E-state index contributed by atoms with van der Waals surface area (Å²) in [7, 11) is 0. The highest BCUT2D eigenvalue weighted by atomic mass is 19.1. The first-order valence-electron chi connectivity index (χ1n) is 7.33. The molecule has 2 N–H and O–H groups in total. The van der Waals surface area contributed by atoms with E-state index in [1.807, 2.05) is 19.1 Å². The zero-order valence-corrected chi connectivity index (χ0v) is 12.6. The molecule has 1 aliphatic carbocycles. The van der Waals surface area contributed by atoms with Crippen LogP contribution in [0.25, 0.3) is 0 Å². The van der Waals surface area contributed by atoms with Crippen LogP contribution in [0.2, 0.25) is 0 Å². The highest BCUT2D eigenvalue weighted by Crippen LogP contribution is 2.47. The summed E-state index contributed by atoms with van der Waals surface area (Å²) in [5, 5.41) is 13.5. The lowest BCUT2D eigenvalue weighted by Crippen LogP contribution is -2.10. The summed E-state index contributed by atoms with van der Waals surface area (Å²) in [6.07, 6.45) is 0.863. The van der Waals surface area contributed by atoms with Crippen molar-refractivity contribution in [3.63, 3.8) is 0 Å². The second-order valence-corrected chi connectivity index (χ2v) is 5.99. The quantitative estimate of drug-likeness (QED) is 0.830. The first-order chi connectivity index (χ1) is 9.99. The van der Waals surface area contributed by atoms with E-state index in [9.17, 15) is 9.50 Å². The molecule has 3 rings (SSSR count). The van der Waals surface area contributed by atoms with Gasteiger partial charge in [0, 0.05) is 5.56 Å². The number of hydrogen-bond donors (Lipinski definition) is 2. The highest BCUT2D eigenvalue weighted by Gasteiger charge is 2.32. The summed E-state index contributed by atoms with van der Waals surface area (Å²) in [4.78, 5) is 0. The van der Waals surface area contributed by atoms with Gasteiger partial charge < -0.3 is 10.4 Å². The number of phenols is 1. The standard InChI is InChI=1S/C18H20FNO/c1-10-7-8-15(21)17-14(9-12(3)16(10)17)20-18-11(2)5-4-6-13(18)19/h4-8,12,14,20-21H,9H2,1-3H3. The molecule has 3 heteroatoms. The predicted molar refractivity (Wildman–Crippen MR) is 83.4 cm³/mol. The van der Waals surface area contributed by atoms with Crippen LogP contribution in [0.4, 0.5) is 10.1 Å². The smallest absolute Gasteiger partial charge is 0.146 e. The van der Waals surface area contributed by atoms with E-state index in [0.717, 1.165) is 17.5 Å². The third-order valence-electron chi connectivity index (χ3n) is 4.45. The van der Waals surface area contributed by atoms with Gasteiger partial charge in [-0.3, -0.25) is 0 Å². The lowest BCUT2D eigenvalue weighted by molar-refractivity contribution is 0.465. The molecule has 21 heavy (non-hydrogen) atoms. The summed E-state index contributed by atoms with van der Waals surface area (Å²) in [5.41, 5.74) is 4.71. The zero-order valence-electron chi connectivity index (χ0n) is 12.6. The zero-order chi connectivity index (χ0) is 15.1. The second kappa shape index (κ2) is 5.06. The molecule has 0 saturated heterocycles. The van der Waals surface area contributed by atoms with E-state index < -0.39 is 0 Å². The van der Waals surface area contributed by atoms with Gasteiger partial charge >= 0.3 is 0 Å². The van der Waals surface area contributed by atoms with Gasteiger partial charge in [-0.25, -0.2) is 4.39 Å². The van der Waals surface area contributed by atoms with Gasteiger partial charge in [0.1, 0.15) is 11.6 Å². The van der Waals surface area contributed by atoms with Crippen molar-refractivity contribution < 1.29 is 9.50 Å². The summed E-state index contributed by atoms with van der Waals surface area (Å²) in [6.45, 7) is 6.10. The minimum absolute atomic E-state index is 0.0505. The normalized spacial score (nSPS) is 20.4. The summed E-state index contributed by atoms with van der Waals surface area (Å²) >= 11 is 0. The maximum atomic E-state index is 14.0. The molecule has 0 saturated carbocycles. The van der Waals surface area contributed by atoms with Crippen molar-refractivity contribution in [1.82, 2.24) is 0 Å². The number of aromatic hydroxyl groups is 1. The minimum Gasteiger partial charge on any atom is -0.508 e. The van der Waals surface area contributed by atoms with E-state index in [1.165, 1.54) is 17.2 Å². The Kier molecular flexibility index (Phi) is 3.36. The number of rotatable bonds is 2. The van der Waals surface area contributed by atoms with E-state index in [2.05, 4.69) is 19.2 Å². The Bertz CT molecular complexity index is 676. The average Bonchev–Trinajstić information content (AvgIpc) is 2.77. The van der Waals surface area contributed by atoms with Crippen molar-refractivity contribution in [3.05, 3.63) is 58.4 Å². The fourth-order valence-corrected chi connectivity index (χ4v) is 3.46. The van der Waals surface area contributed by atoms with Gasteiger partial charge in [-0.15, -0.1) is 0 Å². The average molecular weight is 285 g/mol. The monoisotopic (exact) mass is 285 g/mol. The molecule has 1 aliphatic rings. The van der Waals surface area contributed by atoms with Crippen LogP contribution >= 0.6 is 0 Å². The molecule has 2 atom stereocenters. The summed E-state index contributed by atoms with van der Waals surface area (Å²) in [6, 6.07) is 8.69. The van der Waals surface area contributed by atoms with Crippen LogP contribution in [0.5, 0.6) is 5.75 Å². The molecular weight excluding hydrogens is 265 g/mol. The number of para-hydroxylation sites is 1. The fraction of sp³-hybridized carbons (Fsp3) is 0.333. The lowest BCUT2D eigenvalue weighted by Gasteiger charge is -2.19. The molecule has 0 heterocycles. The van der Waals surface area contributed by atoms with E-state index in [4.69, 9.17) is 0 Å². The number of anilines is 1. The van der Waals surface area contributed by atoms with Gasteiger partial charge in [0.05, 0.1) is 11.7 Å².